The van der Waals surface area contributed by atoms with E-state index < -0.39 is 18.2 Å². The zero-order valence-corrected chi connectivity index (χ0v) is 10.1. The molecule has 0 aliphatic carbocycles. The van der Waals surface area contributed by atoms with Gasteiger partial charge in [-0.15, -0.1) is 0 Å². The summed E-state index contributed by atoms with van der Waals surface area (Å²) in [6.07, 6.45) is -2.82. The predicted molar refractivity (Wildman–Crippen MR) is 61.5 cm³/mol. The molecule has 1 heterocycles. The van der Waals surface area contributed by atoms with E-state index in [2.05, 4.69) is 9.72 Å². The van der Waals surface area contributed by atoms with E-state index >= 15 is 0 Å². The number of aliphatic hydroxyl groups is 2. The highest BCUT2D eigenvalue weighted by molar-refractivity contribution is 6.29. The van der Waals surface area contributed by atoms with Gasteiger partial charge < -0.3 is 14.9 Å². The number of hydrogen-bond acceptors (Lipinski definition) is 5. The molecular formula is C11H14ClNO4. The Balaban J connectivity index is 2.63. The van der Waals surface area contributed by atoms with Gasteiger partial charge in [-0.1, -0.05) is 17.7 Å². The molecule has 0 radical (unpaired) electrons. The molecule has 2 atom stereocenters. The van der Waals surface area contributed by atoms with Crippen LogP contribution in [0.4, 0.5) is 0 Å². The van der Waals surface area contributed by atoms with Crippen LogP contribution in [0.15, 0.2) is 18.2 Å². The van der Waals surface area contributed by atoms with Gasteiger partial charge in [-0.25, -0.2) is 4.98 Å². The van der Waals surface area contributed by atoms with Gasteiger partial charge in [0.05, 0.1) is 24.8 Å². The molecule has 94 valence electrons. The van der Waals surface area contributed by atoms with Gasteiger partial charge in [0.1, 0.15) is 11.3 Å². The molecule has 17 heavy (non-hydrogen) atoms. The average molecular weight is 260 g/mol. The van der Waals surface area contributed by atoms with E-state index in [-0.39, 0.29) is 23.9 Å². The number of esters is 1. The van der Waals surface area contributed by atoms with E-state index in [0.29, 0.717) is 0 Å². The number of ether oxygens (including phenoxy) is 1. The number of carbonyl (C=O) groups is 1. The molecule has 1 aromatic rings. The van der Waals surface area contributed by atoms with Gasteiger partial charge in [0.25, 0.3) is 0 Å². The van der Waals surface area contributed by atoms with Crippen LogP contribution in [0.2, 0.25) is 5.15 Å². The Hall–Kier alpha value is -1.17. The highest BCUT2D eigenvalue weighted by Gasteiger charge is 2.23. The van der Waals surface area contributed by atoms with Crippen molar-refractivity contribution in [3.8, 4) is 0 Å². The lowest BCUT2D eigenvalue weighted by Gasteiger charge is -2.16. The molecule has 6 heteroatoms. The van der Waals surface area contributed by atoms with Crippen LogP contribution in [0.25, 0.3) is 0 Å². The lowest BCUT2D eigenvalue weighted by molar-refractivity contribution is -0.147. The topological polar surface area (TPSA) is 79.7 Å². The standard InChI is InChI=1S/C11H14ClNO4/c1-2-17-10(15)6-8(14)11(16)7-4-3-5-9(12)13-7/h3-5,8,11,14,16H,2,6H2,1H3. The molecule has 0 aromatic carbocycles. The van der Waals surface area contributed by atoms with Crippen LogP contribution in [-0.4, -0.2) is 33.9 Å². The molecule has 0 spiro atoms. The second-order valence-electron chi connectivity index (χ2n) is 3.41. The Morgan fingerprint density at radius 3 is 2.82 bits per heavy atom. The van der Waals surface area contributed by atoms with Crippen molar-refractivity contribution in [3.05, 3.63) is 29.0 Å². The fourth-order valence-corrected chi connectivity index (χ4v) is 1.46. The normalized spacial score (nSPS) is 14.1. The van der Waals surface area contributed by atoms with Crippen LogP contribution in [0.1, 0.15) is 25.1 Å². The van der Waals surface area contributed by atoms with E-state index in [0.717, 1.165) is 0 Å². The Kier molecular flexibility index (Phi) is 5.34. The summed E-state index contributed by atoms with van der Waals surface area (Å²) in [6.45, 7) is 1.90. The van der Waals surface area contributed by atoms with E-state index in [1.165, 1.54) is 6.07 Å². The summed E-state index contributed by atoms with van der Waals surface area (Å²) < 4.78 is 4.67. The largest absolute Gasteiger partial charge is 0.466 e. The molecular weight excluding hydrogens is 246 g/mol. The van der Waals surface area contributed by atoms with Crippen LogP contribution < -0.4 is 0 Å². The highest BCUT2D eigenvalue weighted by Crippen LogP contribution is 2.18. The minimum Gasteiger partial charge on any atom is -0.466 e. The van der Waals surface area contributed by atoms with Crippen molar-refractivity contribution in [2.75, 3.05) is 6.61 Å². The summed E-state index contributed by atoms with van der Waals surface area (Å²) in [5, 5.41) is 19.6. The molecule has 0 fully saturated rings. The molecule has 5 nitrogen and oxygen atoms in total. The first-order chi connectivity index (χ1) is 8.04. The molecule has 0 saturated heterocycles. The maximum absolute atomic E-state index is 11.1. The summed E-state index contributed by atoms with van der Waals surface area (Å²) >= 11 is 5.65. The summed E-state index contributed by atoms with van der Waals surface area (Å²) in [6, 6.07) is 4.67. The summed E-state index contributed by atoms with van der Waals surface area (Å²) in [4.78, 5) is 15.0. The minimum atomic E-state index is -1.27. The molecule has 0 amide bonds. The van der Waals surface area contributed by atoms with E-state index in [1.807, 2.05) is 0 Å². The highest BCUT2D eigenvalue weighted by atomic mass is 35.5. The fraction of sp³-hybridized carbons (Fsp3) is 0.455. The van der Waals surface area contributed by atoms with Gasteiger partial charge in [0.2, 0.25) is 0 Å². The smallest absolute Gasteiger partial charge is 0.308 e. The van der Waals surface area contributed by atoms with Crippen molar-refractivity contribution >= 4 is 17.6 Å². The number of aromatic nitrogens is 1. The minimum absolute atomic E-state index is 0.213. The Labute approximate surface area is 104 Å². The predicted octanol–water partition coefficient (Wildman–Crippen LogP) is 1.08. The van der Waals surface area contributed by atoms with Gasteiger partial charge in [0, 0.05) is 0 Å². The molecule has 2 unspecified atom stereocenters. The zero-order chi connectivity index (χ0) is 12.8. The Bertz CT molecular complexity index is 385. The van der Waals surface area contributed by atoms with Crippen molar-refractivity contribution in [1.82, 2.24) is 4.98 Å². The maximum atomic E-state index is 11.1. The number of aliphatic hydroxyl groups excluding tert-OH is 2. The SMILES string of the molecule is CCOC(=O)CC(O)C(O)c1cccc(Cl)n1. The number of pyridine rings is 1. The second-order valence-corrected chi connectivity index (χ2v) is 3.79. The molecule has 0 saturated carbocycles. The van der Waals surface area contributed by atoms with Crippen LogP contribution in [0, 0.1) is 0 Å². The first-order valence-electron chi connectivity index (χ1n) is 5.18. The van der Waals surface area contributed by atoms with Gasteiger partial charge >= 0.3 is 5.97 Å². The van der Waals surface area contributed by atoms with Crippen LogP contribution >= 0.6 is 11.6 Å². The fourth-order valence-electron chi connectivity index (χ4n) is 1.29. The lowest BCUT2D eigenvalue weighted by atomic mass is 10.1. The first-order valence-corrected chi connectivity index (χ1v) is 5.56. The number of hydrogen-bond donors (Lipinski definition) is 2. The van der Waals surface area contributed by atoms with Crippen LogP contribution in [0.3, 0.4) is 0 Å². The second kappa shape index (κ2) is 6.54. The van der Waals surface area contributed by atoms with E-state index in [4.69, 9.17) is 11.6 Å². The van der Waals surface area contributed by atoms with Crippen molar-refractivity contribution in [2.24, 2.45) is 0 Å². The van der Waals surface area contributed by atoms with Crippen molar-refractivity contribution in [3.63, 3.8) is 0 Å². The van der Waals surface area contributed by atoms with E-state index in [1.54, 1.807) is 19.1 Å². The van der Waals surface area contributed by atoms with E-state index in [9.17, 15) is 15.0 Å². The van der Waals surface area contributed by atoms with Crippen molar-refractivity contribution in [1.29, 1.82) is 0 Å². The van der Waals surface area contributed by atoms with Gasteiger partial charge in [-0.3, -0.25) is 4.79 Å². The van der Waals surface area contributed by atoms with Gasteiger partial charge in [-0.05, 0) is 19.1 Å². The van der Waals surface area contributed by atoms with Crippen molar-refractivity contribution < 1.29 is 19.7 Å². The summed E-state index contributed by atoms with van der Waals surface area (Å²) in [5.74, 6) is -0.568. The average Bonchev–Trinajstić information content (AvgIpc) is 2.28. The molecule has 0 aliphatic rings. The maximum Gasteiger partial charge on any atom is 0.308 e. The Morgan fingerprint density at radius 2 is 2.24 bits per heavy atom. The van der Waals surface area contributed by atoms with Gasteiger partial charge in [0.15, 0.2) is 0 Å². The van der Waals surface area contributed by atoms with Crippen LogP contribution in [0.5, 0.6) is 0 Å². The first kappa shape index (κ1) is 13.9. The lowest BCUT2D eigenvalue weighted by Crippen LogP contribution is -2.23. The third-order valence-corrected chi connectivity index (χ3v) is 2.30. The number of nitrogens with zero attached hydrogens (tertiary/aromatic N) is 1. The molecule has 1 rings (SSSR count). The zero-order valence-electron chi connectivity index (χ0n) is 9.34. The monoisotopic (exact) mass is 259 g/mol. The van der Waals surface area contributed by atoms with Crippen LogP contribution in [-0.2, 0) is 9.53 Å². The number of carbonyl (C=O) groups excluding carboxylic acids is 1. The molecule has 1 aromatic heterocycles. The van der Waals surface area contributed by atoms with Crippen molar-refractivity contribution in [2.45, 2.75) is 25.6 Å². The number of halogens is 1. The third-order valence-electron chi connectivity index (χ3n) is 2.09. The summed E-state index contributed by atoms with van der Waals surface area (Å²) in [7, 11) is 0. The van der Waals surface area contributed by atoms with Gasteiger partial charge in [-0.2, -0.15) is 0 Å². The molecule has 2 N–H and O–H groups in total. The molecule has 0 bridgehead atoms. The quantitative estimate of drug-likeness (QED) is 0.611. The third kappa shape index (κ3) is 4.30. The molecule has 0 aliphatic heterocycles. The summed E-state index contributed by atoms with van der Waals surface area (Å²) in [5.41, 5.74) is 0.217. The Morgan fingerprint density at radius 1 is 1.53 bits per heavy atom. The number of rotatable bonds is 5.